The first-order valence-electron chi connectivity index (χ1n) is 5.67. The van der Waals surface area contributed by atoms with Gasteiger partial charge in [-0.15, -0.1) is 0 Å². The molecule has 0 aromatic carbocycles. The molecule has 0 spiro atoms. The lowest BCUT2D eigenvalue weighted by atomic mass is 10.1. The van der Waals surface area contributed by atoms with E-state index in [1.54, 1.807) is 0 Å². The van der Waals surface area contributed by atoms with E-state index < -0.39 is 0 Å². The summed E-state index contributed by atoms with van der Waals surface area (Å²) in [5.74, 6) is 0.592. The number of carbonyl (C=O) groups excluding carboxylic acids is 1. The molecule has 0 aliphatic heterocycles. The molecule has 0 aliphatic rings. The zero-order chi connectivity index (χ0) is 11.1. The molecule has 0 saturated heterocycles. The standard InChI is InChI=1S/C12H24O2/c1-6-7-10(4)12(13)14-11(5)8-9(2)3/h9-11H,6-8H2,1-5H3/t10-,11+/m1/s1. The lowest BCUT2D eigenvalue weighted by Gasteiger charge is -2.17. The zero-order valence-electron chi connectivity index (χ0n) is 10.2. The van der Waals surface area contributed by atoms with Crippen LogP contribution in [-0.4, -0.2) is 12.1 Å². The summed E-state index contributed by atoms with van der Waals surface area (Å²) in [6.45, 7) is 10.3. The Bertz CT molecular complexity index is 164. The minimum atomic E-state index is -0.0417. The fourth-order valence-corrected chi connectivity index (χ4v) is 1.58. The first-order valence-corrected chi connectivity index (χ1v) is 5.67. The molecular formula is C12H24O2. The number of hydrogen-bond donors (Lipinski definition) is 0. The maximum atomic E-state index is 11.5. The molecule has 2 atom stereocenters. The van der Waals surface area contributed by atoms with Crippen LogP contribution in [0, 0.1) is 11.8 Å². The normalized spacial score (nSPS) is 15.3. The molecule has 14 heavy (non-hydrogen) atoms. The molecule has 0 bridgehead atoms. The van der Waals surface area contributed by atoms with Gasteiger partial charge in [-0.3, -0.25) is 4.79 Å². The number of carbonyl (C=O) groups is 1. The highest BCUT2D eigenvalue weighted by Crippen LogP contribution is 2.12. The molecule has 0 aromatic rings. The van der Waals surface area contributed by atoms with Crippen LogP contribution in [0.15, 0.2) is 0 Å². The summed E-state index contributed by atoms with van der Waals surface area (Å²) in [5.41, 5.74) is 0. The zero-order valence-corrected chi connectivity index (χ0v) is 10.2. The van der Waals surface area contributed by atoms with E-state index in [1.165, 1.54) is 0 Å². The second-order valence-electron chi connectivity index (χ2n) is 4.57. The van der Waals surface area contributed by atoms with Crippen molar-refractivity contribution in [3.63, 3.8) is 0 Å². The smallest absolute Gasteiger partial charge is 0.308 e. The van der Waals surface area contributed by atoms with Gasteiger partial charge in [0.2, 0.25) is 0 Å². The number of rotatable bonds is 6. The third-order valence-corrected chi connectivity index (χ3v) is 2.24. The van der Waals surface area contributed by atoms with E-state index in [-0.39, 0.29) is 18.0 Å². The average Bonchev–Trinajstić information content (AvgIpc) is 2.02. The van der Waals surface area contributed by atoms with Crippen molar-refractivity contribution in [2.24, 2.45) is 11.8 Å². The van der Waals surface area contributed by atoms with Gasteiger partial charge in [-0.1, -0.05) is 34.1 Å². The van der Waals surface area contributed by atoms with Gasteiger partial charge in [0.1, 0.15) is 0 Å². The Labute approximate surface area is 88.0 Å². The number of hydrogen-bond acceptors (Lipinski definition) is 2. The van der Waals surface area contributed by atoms with Crippen molar-refractivity contribution in [2.75, 3.05) is 0 Å². The molecular weight excluding hydrogens is 176 g/mol. The Kier molecular flexibility index (Phi) is 6.60. The highest BCUT2D eigenvalue weighted by Gasteiger charge is 2.16. The lowest BCUT2D eigenvalue weighted by molar-refractivity contribution is -0.153. The molecule has 0 rings (SSSR count). The van der Waals surface area contributed by atoms with Crippen LogP contribution in [-0.2, 0) is 9.53 Å². The lowest BCUT2D eigenvalue weighted by Crippen LogP contribution is -2.21. The monoisotopic (exact) mass is 200 g/mol. The van der Waals surface area contributed by atoms with Gasteiger partial charge in [0.05, 0.1) is 12.0 Å². The second-order valence-corrected chi connectivity index (χ2v) is 4.57. The average molecular weight is 200 g/mol. The van der Waals surface area contributed by atoms with E-state index in [4.69, 9.17) is 4.74 Å². The van der Waals surface area contributed by atoms with E-state index in [0.717, 1.165) is 19.3 Å². The third kappa shape index (κ3) is 6.01. The minimum absolute atomic E-state index is 0.0417. The fraction of sp³-hybridized carbons (Fsp3) is 0.917. The van der Waals surface area contributed by atoms with Crippen molar-refractivity contribution in [2.45, 2.75) is 60.0 Å². The molecule has 0 fully saturated rings. The molecule has 2 nitrogen and oxygen atoms in total. The Hall–Kier alpha value is -0.530. The van der Waals surface area contributed by atoms with Crippen LogP contribution in [0.5, 0.6) is 0 Å². The van der Waals surface area contributed by atoms with Gasteiger partial charge >= 0.3 is 5.97 Å². The maximum absolute atomic E-state index is 11.5. The number of ether oxygens (including phenoxy) is 1. The predicted molar refractivity (Wildman–Crippen MR) is 59.1 cm³/mol. The SMILES string of the molecule is CCC[C@@H](C)C(=O)O[C@@H](C)CC(C)C. The van der Waals surface area contributed by atoms with Crippen LogP contribution in [0.2, 0.25) is 0 Å². The highest BCUT2D eigenvalue weighted by molar-refractivity contribution is 5.72. The van der Waals surface area contributed by atoms with E-state index in [9.17, 15) is 4.79 Å². The summed E-state index contributed by atoms with van der Waals surface area (Å²) in [7, 11) is 0. The molecule has 2 heteroatoms. The molecule has 84 valence electrons. The van der Waals surface area contributed by atoms with Gasteiger partial charge in [-0.25, -0.2) is 0 Å². The van der Waals surface area contributed by atoms with Crippen LogP contribution in [0.4, 0.5) is 0 Å². The molecule has 0 radical (unpaired) electrons. The summed E-state index contributed by atoms with van der Waals surface area (Å²) < 4.78 is 5.34. The summed E-state index contributed by atoms with van der Waals surface area (Å²) in [6.07, 6.45) is 2.97. The highest BCUT2D eigenvalue weighted by atomic mass is 16.5. The molecule has 0 saturated carbocycles. The summed E-state index contributed by atoms with van der Waals surface area (Å²) >= 11 is 0. The van der Waals surface area contributed by atoms with Crippen LogP contribution in [0.25, 0.3) is 0 Å². The van der Waals surface area contributed by atoms with Gasteiger partial charge < -0.3 is 4.74 Å². The summed E-state index contributed by atoms with van der Waals surface area (Å²) in [4.78, 5) is 11.5. The van der Waals surface area contributed by atoms with Crippen molar-refractivity contribution in [3.8, 4) is 0 Å². The van der Waals surface area contributed by atoms with Crippen LogP contribution >= 0.6 is 0 Å². The topological polar surface area (TPSA) is 26.3 Å². The van der Waals surface area contributed by atoms with Crippen molar-refractivity contribution in [1.29, 1.82) is 0 Å². The van der Waals surface area contributed by atoms with Crippen molar-refractivity contribution < 1.29 is 9.53 Å². The Morgan fingerprint density at radius 1 is 1.21 bits per heavy atom. The van der Waals surface area contributed by atoms with Gasteiger partial charge in [-0.2, -0.15) is 0 Å². The first-order chi connectivity index (χ1) is 6.47. The van der Waals surface area contributed by atoms with E-state index in [0.29, 0.717) is 5.92 Å². The van der Waals surface area contributed by atoms with Crippen LogP contribution in [0.1, 0.15) is 53.9 Å². The van der Waals surface area contributed by atoms with E-state index in [1.807, 2.05) is 13.8 Å². The summed E-state index contributed by atoms with van der Waals surface area (Å²) in [6, 6.07) is 0. The van der Waals surface area contributed by atoms with E-state index >= 15 is 0 Å². The van der Waals surface area contributed by atoms with Gasteiger partial charge in [-0.05, 0) is 25.7 Å². The molecule has 0 aromatic heterocycles. The van der Waals surface area contributed by atoms with Gasteiger partial charge in [0, 0.05) is 0 Å². The molecule has 0 N–H and O–H groups in total. The van der Waals surface area contributed by atoms with Crippen molar-refractivity contribution in [3.05, 3.63) is 0 Å². The fourth-order valence-electron chi connectivity index (χ4n) is 1.58. The van der Waals surface area contributed by atoms with Crippen LogP contribution < -0.4 is 0 Å². The molecule has 0 amide bonds. The summed E-state index contributed by atoms with van der Waals surface area (Å²) in [5, 5.41) is 0. The van der Waals surface area contributed by atoms with Crippen molar-refractivity contribution >= 4 is 5.97 Å². The van der Waals surface area contributed by atoms with Gasteiger partial charge in [0.25, 0.3) is 0 Å². The number of esters is 1. The van der Waals surface area contributed by atoms with Crippen LogP contribution in [0.3, 0.4) is 0 Å². The quantitative estimate of drug-likeness (QED) is 0.614. The van der Waals surface area contributed by atoms with Crippen molar-refractivity contribution in [1.82, 2.24) is 0 Å². The second kappa shape index (κ2) is 6.86. The predicted octanol–water partition coefficient (Wildman–Crippen LogP) is 3.40. The van der Waals surface area contributed by atoms with Gasteiger partial charge in [0.15, 0.2) is 0 Å². The third-order valence-electron chi connectivity index (χ3n) is 2.24. The molecule has 0 heterocycles. The maximum Gasteiger partial charge on any atom is 0.308 e. The Morgan fingerprint density at radius 2 is 1.79 bits per heavy atom. The molecule has 0 unspecified atom stereocenters. The Balaban J connectivity index is 3.80. The first kappa shape index (κ1) is 13.5. The largest absolute Gasteiger partial charge is 0.462 e. The Morgan fingerprint density at radius 3 is 2.21 bits per heavy atom. The minimum Gasteiger partial charge on any atom is -0.462 e. The molecule has 0 aliphatic carbocycles. The van der Waals surface area contributed by atoms with E-state index in [2.05, 4.69) is 20.8 Å².